The number of rotatable bonds is 6. The van der Waals surface area contributed by atoms with E-state index in [4.69, 9.17) is 5.73 Å². The first kappa shape index (κ1) is 18.1. The lowest BCUT2D eigenvalue weighted by atomic mass is 10.1. The van der Waals surface area contributed by atoms with Gasteiger partial charge >= 0.3 is 0 Å². The molecule has 1 atom stereocenters. The number of nitrogens with zero attached hydrogens (tertiary/aromatic N) is 2. The number of benzene rings is 2. The molecule has 7 heteroatoms. The second-order valence-electron chi connectivity index (χ2n) is 5.95. The van der Waals surface area contributed by atoms with E-state index in [0.29, 0.717) is 18.7 Å². The molecule has 3 N–H and O–H groups in total. The molecule has 2 amide bonds. The fourth-order valence-corrected chi connectivity index (χ4v) is 3.28. The molecule has 0 spiro atoms. The Hall–Kier alpha value is -2.67. The fraction of sp³-hybridized carbons (Fsp3) is 0.211. The number of para-hydroxylation sites is 1. The largest absolute Gasteiger partial charge is 0.368 e. The standard InChI is InChI=1S/C19H19BrN4O2/c20-15-9-5-4-6-13(15)10-11-22-19(26)16-12-17(18(21)25)24(23-16)14-7-2-1-3-8-14/h1-9,17H,10-12H2,(H2,21,25)(H,22,26). The Balaban J connectivity index is 1.65. The summed E-state index contributed by atoms with van der Waals surface area (Å²) < 4.78 is 1.01. The van der Waals surface area contributed by atoms with Gasteiger partial charge in [-0.15, -0.1) is 0 Å². The number of anilines is 1. The molecule has 1 aliphatic heterocycles. The minimum absolute atomic E-state index is 0.199. The lowest BCUT2D eigenvalue weighted by molar-refractivity contribution is -0.119. The van der Waals surface area contributed by atoms with Crippen LogP contribution >= 0.6 is 15.9 Å². The van der Waals surface area contributed by atoms with E-state index in [2.05, 4.69) is 26.3 Å². The summed E-state index contributed by atoms with van der Waals surface area (Å²) in [6.07, 6.45) is 0.896. The average Bonchev–Trinajstić information content (AvgIpc) is 3.10. The first-order valence-electron chi connectivity index (χ1n) is 8.29. The zero-order valence-electron chi connectivity index (χ0n) is 14.1. The van der Waals surface area contributed by atoms with Crippen LogP contribution in [0.4, 0.5) is 5.69 Å². The third-order valence-corrected chi connectivity index (χ3v) is 4.93. The zero-order chi connectivity index (χ0) is 18.5. The van der Waals surface area contributed by atoms with Crippen molar-refractivity contribution in [1.29, 1.82) is 0 Å². The highest BCUT2D eigenvalue weighted by Gasteiger charge is 2.34. The summed E-state index contributed by atoms with van der Waals surface area (Å²) in [5.74, 6) is -0.782. The van der Waals surface area contributed by atoms with Gasteiger partial charge in [0, 0.05) is 17.4 Å². The van der Waals surface area contributed by atoms with Crippen LogP contribution < -0.4 is 16.1 Å². The third-order valence-electron chi connectivity index (χ3n) is 4.16. The van der Waals surface area contributed by atoms with Crippen molar-refractivity contribution >= 4 is 39.1 Å². The van der Waals surface area contributed by atoms with Gasteiger partial charge in [-0.05, 0) is 30.2 Å². The van der Waals surface area contributed by atoms with Crippen LogP contribution in [0.5, 0.6) is 0 Å². The molecule has 3 rings (SSSR count). The third kappa shape index (κ3) is 4.11. The van der Waals surface area contributed by atoms with Gasteiger partial charge in [0.1, 0.15) is 11.8 Å². The van der Waals surface area contributed by atoms with E-state index in [9.17, 15) is 9.59 Å². The van der Waals surface area contributed by atoms with Crippen molar-refractivity contribution < 1.29 is 9.59 Å². The highest BCUT2D eigenvalue weighted by Crippen LogP contribution is 2.24. The number of primary amides is 1. The number of hydrogen-bond acceptors (Lipinski definition) is 4. The summed E-state index contributed by atoms with van der Waals surface area (Å²) in [6.45, 7) is 0.479. The lowest BCUT2D eigenvalue weighted by Gasteiger charge is -2.20. The van der Waals surface area contributed by atoms with Gasteiger partial charge < -0.3 is 11.1 Å². The molecule has 0 fully saturated rings. The molecule has 26 heavy (non-hydrogen) atoms. The Morgan fingerprint density at radius 1 is 1.15 bits per heavy atom. The van der Waals surface area contributed by atoms with E-state index in [1.165, 1.54) is 5.01 Å². The monoisotopic (exact) mass is 414 g/mol. The van der Waals surface area contributed by atoms with Crippen LogP contribution in [-0.4, -0.2) is 30.1 Å². The minimum atomic E-state index is -0.651. The van der Waals surface area contributed by atoms with E-state index in [0.717, 1.165) is 15.7 Å². The van der Waals surface area contributed by atoms with Crippen LogP contribution in [0.1, 0.15) is 12.0 Å². The summed E-state index contributed by atoms with van der Waals surface area (Å²) in [6, 6.07) is 16.4. The maximum atomic E-state index is 12.4. The van der Waals surface area contributed by atoms with E-state index in [-0.39, 0.29) is 12.3 Å². The van der Waals surface area contributed by atoms with Gasteiger partial charge in [-0.1, -0.05) is 52.3 Å². The molecule has 0 bridgehead atoms. The molecule has 0 saturated carbocycles. The van der Waals surface area contributed by atoms with Crippen LogP contribution in [-0.2, 0) is 16.0 Å². The maximum Gasteiger partial charge on any atom is 0.267 e. The van der Waals surface area contributed by atoms with Crippen LogP contribution in [0.2, 0.25) is 0 Å². The number of hydrazone groups is 1. The molecule has 1 unspecified atom stereocenters. The highest BCUT2D eigenvalue weighted by molar-refractivity contribution is 9.10. The molecule has 1 heterocycles. The number of carbonyl (C=O) groups is 2. The lowest BCUT2D eigenvalue weighted by Crippen LogP contribution is -2.40. The van der Waals surface area contributed by atoms with Crippen molar-refractivity contribution in [1.82, 2.24) is 5.32 Å². The van der Waals surface area contributed by atoms with Crippen LogP contribution in [0.3, 0.4) is 0 Å². The van der Waals surface area contributed by atoms with Crippen LogP contribution in [0.15, 0.2) is 64.2 Å². The minimum Gasteiger partial charge on any atom is -0.368 e. The average molecular weight is 415 g/mol. The SMILES string of the molecule is NC(=O)C1CC(C(=O)NCCc2ccccc2Br)=NN1c1ccccc1. The smallest absolute Gasteiger partial charge is 0.267 e. The summed E-state index contributed by atoms with van der Waals surface area (Å²) in [5.41, 5.74) is 7.64. The molecule has 1 aliphatic rings. The molecule has 0 saturated heterocycles. The second kappa shape index (κ2) is 8.14. The van der Waals surface area contributed by atoms with Gasteiger partial charge in [0.25, 0.3) is 5.91 Å². The molecular weight excluding hydrogens is 396 g/mol. The first-order valence-corrected chi connectivity index (χ1v) is 9.08. The van der Waals surface area contributed by atoms with Gasteiger partial charge in [0.2, 0.25) is 5.91 Å². The highest BCUT2D eigenvalue weighted by atomic mass is 79.9. The Labute approximate surface area is 160 Å². The van der Waals surface area contributed by atoms with Crippen molar-refractivity contribution in [2.75, 3.05) is 11.6 Å². The second-order valence-corrected chi connectivity index (χ2v) is 6.80. The quantitative estimate of drug-likeness (QED) is 0.759. The molecule has 134 valence electrons. The Morgan fingerprint density at radius 2 is 1.85 bits per heavy atom. The van der Waals surface area contributed by atoms with Gasteiger partial charge in [-0.3, -0.25) is 14.6 Å². The van der Waals surface area contributed by atoms with Crippen molar-refractivity contribution in [2.45, 2.75) is 18.9 Å². The molecule has 0 radical (unpaired) electrons. The number of amides is 2. The van der Waals surface area contributed by atoms with Gasteiger partial charge in [0.05, 0.1) is 5.69 Å². The number of carbonyl (C=O) groups excluding carboxylic acids is 2. The summed E-state index contributed by atoms with van der Waals surface area (Å²) in [5, 5.41) is 8.71. The Morgan fingerprint density at radius 3 is 2.54 bits per heavy atom. The number of halogens is 1. The normalized spacial score (nSPS) is 16.3. The number of nitrogens with one attached hydrogen (secondary N) is 1. The van der Waals surface area contributed by atoms with E-state index in [1.54, 1.807) is 0 Å². The van der Waals surface area contributed by atoms with E-state index >= 15 is 0 Å². The summed E-state index contributed by atoms with van der Waals surface area (Å²) in [7, 11) is 0. The van der Waals surface area contributed by atoms with Crippen molar-refractivity contribution in [3.63, 3.8) is 0 Å². The van der Waals surface area contributed by atoms with Crippen molar-refractivity contribution in [3.8, 4) is 0 Å². The molecule has 0 aromatic heterocycles. The molecule has 2 aromatic rings. The summed E-state index contributed by atoms with van der Waals surface area (Å²) >= 11 is 3.49. The molecular formula is C19H19BrN4O2. The predicted molar refractivity (Wildman–Crippen MR) is 105 cm³/mol. The van der Waals surface area contributed by atoms with Crippen LogP contribution in [0.25, 0.3) is 0 Å². The van der Waals surface area contributed by atoms with Gasteiger partial charge in [-0.25, -0.2) is 0 Å². The Kier molecular flexibility index (Phi) is 5.68. The van der Waals surface area contributed by atoms with E-state index in [1.807, 2.05) is 54.6 Å². The number of hydrogen-bond donors (Lipinski definition) is 2. The molecule has 6 nitrogen and oxygen atoms in total. The zero-order valence-corrected chi connectivity index (χ0v) is 15.6. The van der Waals surface area contributed by atoms with E-state index < -0.39 is 11.9 Å². The number of nitrogens with two attached hydrogens (primary N) is 1. The summed E-state index contributed by atoms with van der Waals surface area (Å²) in [4.78, 5) is 24.2. The first-order chi connectivity index (χ1) is 12.6. The molecule has 2 aromatic carbocycles. The van der Waals surface area contributed by atoms with Crippen LogP contribution in [0, 0.1) is 0 Å². The maximum absolute atomic E-state index is 12.4. The fourth-order valence-electron chi connectivity index (χ4n) is 2.80. The van der Waals surface area contributed by atoms with Crippen molar-refractivity contribution in [2.24, 2.45) is 10.8 Å². The molecule has 0 aliphatic carbocycles. The van der Waals surface area contributed by atoms with Gasteiger partial charge in [0.15, 0.2) is 0 Å². The Bertz CT molecular complexity index is 838. The van der Waals surface area contributed by atoms with Crippen molar-refractivity contribution in [3.05, 3.63) is 64.6 Å². The predicted octanol–water partition coefficient (Wildman–Crippen LogP) is 2.23. The van der Waals surface area contributed by atoms with Gasteiger partial charge in [-0.2, -0.15) is 5.10 Å². The topological polar surface area (TPSA) is 87.8 Å².